The smallest absolute Gasteiger partial charge is 0.266 e. The number of hydrogen-bond donors (Lipinski definition) is 0. The largest absolute Gasteiger partial charge is 0.497 e. The SMILES string of the molecule is COc1ccc(-c2ccccc2-n2ncc3c(N4CCC(F)(F)C4)cc(Cl)nc32)cc1. The predicted molar refractivity (Wildman–Crippen MR) is 118 cm³/mol. The number of anilines is 1. The van der Waals surface area contributed by atoms with Crippen molar-refractivity contribution in [2.75, 3.05) is 25.1 Å². The third-order valence-electron chi connectivity index (χ3n) is 5.53. The maximum Gasteiger partial charge on any atom is 0.266 e. The Bertz CT molecular complexity index is 1260. The highest BCUT2D eigenvalue weighted by atomic mass is 35.5. The summed E-state index contributed by atoms with van der Waals surface area (Å²) in [6.07, 6.45) is 1.48. The first-order valence-electron chi connectivity index (χ1n) is 9.86. The number of methoxy groups -OCH3 is 1. The lowest BCUT2D eigenvalue weighted by Crippen LogP contribution is -2.25. The number of halogens is 3. The molecule has 1 aliphatic heterocycles. The molecule has 8 heteroatoms. The Hall–Kier alpha value is -3.19. The number of alkyl halides is 2. The molecular weight excluding hydrogens is 422 g/mol. The van der Waals surface area contributed by atoms with Gasteiger partial charge >= 0.3 is 0 Å². The van der Waals surface area contributed by atoms with Crippen LogP contribution in [0, 0.1) is 0 Å². The molecule has 0 spiro atoms. The molecule has 4 aromatic rings. The van der Waals surface area contributed by atoms with E-state index in [9.17, 15) is 8.78 Å². The Morgan fingerprint density at radius 2 is 1.84 bits per heavy atom. The summed E-state index contributed by atoms with van der Waals surface area (Å²) in [5.74, 6) is -1.94. The second-order valence-corrected chi connectivity index (χ2v) is 7.92. The zero-order valence-corrected chi connectivity index (χ0v) is 17.5. The van der Waals surface area contributed by atoms with E-state index in [1.165, 1.54) is 0 Å². The van der Waals surface area contributed by atoms with E-state index in [2.05, 4.69) is 10.1 Å². The van der Waals surface area contributed by atoms with E-state index in [1.54, 1.807) is 29.0 Å². The Morgan fingerprint density at radius 3 is 2.55 bits per heavy atom. The molecule has 1 fully saturated rings. The predicted octanol–water partition coefficient (Wildman–Crippen LogP) is 5.59. The van der Waals surface area contributed by atoms with Gasteiger partial charge in [-0.3, -0.25) is 0 Å². The summed E-state index contributed by atoms with van der Waals surface area (Å²) >= 11 is 6.30. The molecule has 0 atom stereocenters. The molecule has 0 radical (unpaired) electrons. The summed E-state index contributed by atoms with van der Waals surface area (Å²) in [6.45, 7) is -0.0773. The minimum absolute atomic E-state index is 0.178. The van der Waals surface area contributed by atoms with Gasteiger partial charge in [-0.2, -0.15) is 5.10 Å². The summed E-state index contributed by atoms with van der Waals surface area (Å²) in [6, 6.07) is 17.2. The minimum atomic E-state index is -2.71. The first kappa shape index (κ1) is 19.8. The second-order valence-electron chi connectivity index (χ2n) is 7.53. The Morgan fingerprint density at radius 1 is 1.06 bits per heavy atom. The van der Waals surface area contributed by atoms with Crippen LogP contribution >= 0.6 is 11.6 Å². The fraction of sp³-hybridized carbons (Fsp3) is 0.217. The van der Waals surface area contributed by atoms with Crippen molar-refractivity contribution < 1.29 is 13.5 Å². The third-order valence-corrected chi connectivity index (χ3v) is 5.73. The van der Waals surface area contributed by atoms with Crippen molar-refractivity contribution in [2.45, 2.75) is 12.3 Å². The number of fused-ring (bicyclic) bond motifs is 1. The molecular formula is C23H19ClF2N4O. The minimum Gasteiger partial charge on any atom is -0.497 e. The second kappa shape index (κ2) is 7.50. The number of hydrogen-bond acceptors (Lipinski definition) is 4. The van der Waals surface area contributed by atoms with Gasteiger partial charge < -0.3 is 9.64 Å². The molecule has 2 aromatic heterocycles. The van der Waals surface area contributed by atoms with Crippen LogP contribution in [-0.4, -0.2) is 40.9 Å². The molecule has 0 aliphatic carbocycles. The van der Waals surface area contributed by atoms with E-state index in [1.807, 2.05) is 48.5 Å². The van der Waals surface area contributed by atoms with Crippen LogP contribution in [0.15, 0.2) is 60.8 Å². The average molecular weight is 441 g/mol. The van der Waals surface area contributed by atoms with Crippen molar-refractivity contribution in [3.63, 3.8) is 0 Å². The zero-order valence-electron chi connectivity index (χ0n) is 16.7. The van der Waals surface area contributed by atoms with E-state index in [-0.39, 0.29) is 24.7 Å². The van der Waals surface area contributed by atoms with Crippen molar-refractivity contribution in [1.82, 2.24) is 14.8 Å². The fourth-order valence-corrected chi connectivity index (χ4v) is 4.19. The highest BCUT2D eigenvalue weighted by Gasteiger charge is 2.39. The Kier molecular flexibility index (Phi) is 4.78. The molecule has 2 aromatic carbocycles. The lowest BCUT2D eigenvalue weighted by atomic mass is 10.0. The van der Waals surface area contributed by atoms with Gasteiger partial charge in [0.2, 0.25) is 0 Å². The van der Waals surface area contributed by atoms with Gasteiger partial charge in [0.25, 0.3) is 5.92 Å². The van der Waals surface area contributed by atoms with Gasteiger partial charge in [0, 0.05) is 18.5 Å². The van der Waals surface area contributed by atoms with Gasteiger partial charge in [0.05, 0.1) is 36.6 Å². The number of benzene rings is 2. The lowest BCUT2D eigenvalue weighted by molar-refractivity contribution is 0.0257. The number of pyridine rings is 1. The van der Waals surface area contributed by atoms with Crippen molar-refractivity contribution in [3.05, 3.63) is 65.9 Å². The normalized spacial score (nSPS) is 15.5. The highest BCUT2D eigenvalue weighted by Crippen LogP contribution is 2.37. The molecule has 1 saturated heterocycles. The van der Waals surface area contributed by atoms with Crippen molar-refractivity contribution in [1.29, 1.82) is 0 Å². The summed E-state index contributed by atoms with van der Waals surface area (Å²) in [4.78, 5) is 6.12. The fourth-order valence-electron chi connectivity index (χ4n) is 4.01. The molecule has 0 amide bonds. The van der Waals surface area contributed by atoms with E-state index >= 15 is 0 Å². The monoisotopic (exact) mass is 440 g/mol. The topological polar surface area (TPSA) is 43.2 Å². The van der Waals surface area contributed by atoms with Crippen molar-refractivity contribution >= 4 is 28.3 Å². The van der Waals surface area contributed by atoms with Gasteiger partial charge in [-0.05, 0) is 29.8 Å². The van der Waals surface area contributed by atoms with Crippen molar-refractivity contribution in [3.8, 4) is 22.6 Å². The van der Waals surface area contributed by atoms with E-state index in [0.717, 1.165) is 22.6 Å². The first-order chi connectivity index (χ1) is 14.9. The van der Waals surface area contributed by atoms with E-state index < -0.39 is 5.92 Å². The van der Waals surface area contributed by atoms with Gasteiger partial charge in [-0.1, -0.05) is 41.9 Å². The summed E-state index contributed by atoms with van der Waals surface area (Å²) < 4.78 is 34.6. The lowest BCUT2D eigenvalue weighted by Gasteiger charge is -2.19. The van der Waals surface area contributed by atoms with E-state index in [4.69, 9.17) is 16.3 Å². The molecule has 158 valence electrons. The molecule has 0 saturated carbocycles. The third kappa shape index (κ3) is 3.59. The standard InChI is InChI=1S/C23H19ClF2N4O/c1-31-16-8-6-15(7-9-16)17-4-2-3-5-19(17)30-22-18(13-27-30)20(12-21(24)28-22)29-11-10-23(25,26)14-29/h2-9,12-13H,10-11,14H2,1H3. The molecule has 0 N–H and O–H groups in total. The Balaban J connectivity index is 1.64. The average Bonchev–Trinajstić information content (AvgIpc) is 3.36. The van der Waals surface area contributed by atoms with Crippen LogP contribution < -0.4 is 9.64 Å². The number of rotatable bonds is 4. The van der Waals surface area contributed by atoms with E-state index in [0.29, 0.717) is 16.7 Å². The quantitative estimate of drug-likeness (QED) is 0.388. The highest BCUT2D eigenvalue weighted by molar-refractivity contribution is 6.30. The summed E-state index contributed by atoms with van der Waals surface area (Å²) in [5, 5.41) is 5.48. The van der Waals surface area contributed by atoms with Crippen LogP contribution in [0.3, 0.4) is 0 Å². The molecule has 1 aliphatic rings. The van der Waals surface area contributed by atoms with Crippen LogP contribution in [0.25, 0.3) is 27.8 Å². The molecule has 3 heterocycles. The zero-order chi connectivity index (χ0) is 21.6. The molecule has 0 bridgehead atoms. The molecule has 5 nitrogen and oxygen atoms in total. The summed E-state index contributed by atoms with van der Waals surface area (Å²) in [5.41, 5.74) is 3.90. The molecule has 5 rings (SSSR count). The number of nitrogens with zero attached hydrogens (tertiary/aromatic N) is 4. The number of aromatic nitrogens is 3. The summed E-state index contributed by atoms with van der Waals surface area (Å²) in [7, 11) is 1.63. The van der Waals surface area contributed by atoms with Gasteiger partial charge in [-0.15, -0.1) is 0 Å². The van der Waals surface area contributed by atoms with Crippen LogP contribution in [0.1, 0.15) is 6.42 Å². The maximum absolute atomic E-state index is 13.8. The van der Waals surface area contributed by atoms with Crippen molar-refractivity contribution in [2.24, 2.45) is 0 Å². The first-order valence-corrected chi connectivity index (χ1v) is 10.2. The van der Waals surface area contributed by atoms with Gasteiger partial charge in [-0.25, -0.2) is 18.4 Å². The van der Waals surface area contributed by atoms with Crippen LogP contribution in [0.2, 0.25) is 5.15 Å². The molecule has 0 unspecified atom stereocenters. The van der Waals surface area contributed by atoms with Gasteiger partial charge in [0.15, 0.2) is 5.65 Å². The number of ether oxygens (including phenoxy) is 1. The van der Waals surface area contributed by atoms with Gasteiger partial charge in [0.1, 0.15) is 10.9 Å². The van der Waals surface area contributed by atoms with Crippen LogP contribution in [0.5, 0.6) is 5.75 Å². The van der Waals surface area contributed by atoms with Crippen LogP contribution in [-0.2, 0) is 0 Å². The Labute approximate surface area is 182 Å². The molecule has 31 heavy (non-hydrogen) atoms. The number of para-hydroxylation sites is 1. The van der Waals surface area contributed by atoms with Crippen LogP contribution in [0.4, 0.5) is 14.5 Å². The maximum atomic E-state index is 13.8.